The molecule has 4 nitrogen and oxygen atoms in total. The number of likely N-dealkylation sites (N-methyl/N-ethyl adjacent to an activating group) is 1. The Kier molecular flexibility index (Phi) is 2.02. The SMILES string of the molecule is CN1C(N)=NCC1c1ccc2c(c1)CCO2. The van der Waals surface area contributed by atoms with E-state index in [4.69, 9.17) is 10.5 Å². The zero-order chi connectivity index (χ0) is 11.1. The van der Waals surface area contributed by atoms with Gasteiger partial charge in [0, 0.05) is 13.5 Å². The molecule has 0 bridgehead atoms. The van der Waals surface area contributed by atoms with Crippen molar-refractivity contribution in [1.82, 2.24) is 4.90 Å². The largest absolute Gasteiger partial charge is 0.493 e. The second-order valence-corrected chi connectivity index (χ2v) is 4.29. The third-order valence-electron chi connectivity index (χ3n) is 3.35. The molecule has 1 unspecified atom stereocenters. The van der Waals surface area contributed by atoms with Gasteiger partial charge >= 0.3 is 0 Å². The monoisotopic (exact) mass is 217 g/mol. The normalized spacial score (nSPS) is 22.9. The predicted octanol–water partition coefficient (Wildman–Crippen LogP) is 0.923. The van der Waals surface area contributed by atoms with Crippen LogP contribution >= 0.6 is 0 Å². The first-order chi connectivity index (χ1) is 7.75. The summed E-state index contributed by atoms with van der Waals surface area (Å²) in [6.07, 6.45) is 1.01. The number of hydrogen-bond donors (Lipinski definition) is 1. The van der Waals surface area contributed by atoms with Crippen molar-refractivity contribution in [1.29, 1.82) is 0 Å². The van der Waals surface area contributed by atoms with Crippen molar-refractivity contribution in [2.24, 2.45) is 10.7 Å². The Balaban J connectivity index is 1.91. The Labute approximate surface area is 94.7 Å². The van der Waals surface area contributed by atoms with Crippen LogP contribution in [0.5, 0.6) is 5.75 Å². The van der Waals surface area contributed by atoms with Gasteiger partial charge < -0.3 is 15.4 Å². The molecular weight excluding hydrogens is 202 g/mol. The van der Waals surface area contributed by atoms with Gasteiger partial charge in [0.1, 0.15) is 5.75 Å². The van der Waals surface area contributed by atoms with E-state index in [1.807, 2.05) is 11.9 Å². The van der Waals surface area contributed by atoms with Gasteiger partial charge in [-0.15, -0.1) is 0 Å². The van der Waals surface area contributed by atoms with Gasteiger partial charge in [-0.25, -0.2) is 0 Å². The van der Waals surface area contributed by atoms with Crippen LogP contribution in [0.15, 0.2) is 23.2 Å². The summed E-state index contributed by atoms with van der Waals surface area (Å²) in [4.78, 5) is 6.28. The second kappa shape index (κ2) is 3.40. The van der Waals surface area contributed by atoms with E-state index in [-0.39, 0.29) is 6.04 Å². The van der Waals surface area contributed by atoms with Gasteiger partial charge in [-0.2, -0.15) is 0 Å². The molecule has 1 atom stereocenters. The van der Waals surface area contributed by atoms with Crippen LogP contribution in [0.4, 0.5) is 0 Å². The van der Waals surface area contributed by atoms with Crippen LogP contribution in [-0.2, 0) is 6.42 Å². The molecule has 0 fully saturated rings. The minimum absolute atomic E-state index is 0.283. The molecule has 0 amide bonds. The number of guanidine groups is 1. The van der Waals surface area contributed by atoms with Gasteiger partial charge in [0.15, 0.2) is 5.96 Å². The second-order valence-electron chi connectivity index (χ2n) is 4.29. The zero-order valence-corrected chi connectivity index (χ0v) is 9.31. The van der Waals surface area contributed by atoms with Gasteiger partial charge in [0.05, 0.1) is 19.2 Å². The Morgan fingerprint density at radius 3 is 3.12 bits per heavy atom. The van der Waals surface area contributed by atoms with E-state index >= 15 is 0 Å². The number of nitrogens with zero attached hydrogens (tertiary/aromatic N) is 2. The molecule has 0 aliphatic carbocycles. The molecule has 2 aliphatic rings. The van der Waals surface area contributed by atoms with Gasteiger partial charge in [-0.1, -0.05) is 6.07 Å². The predicted molar refractivity (Wildman–Crippen MR) is 62.6 cm³/mol. The summed E-state index contributed by atoms with van der Waals surface area (Å²) in [5, 5.41) is 0. The molecule has 16 heavy (non-hydrogen) atoms. The molecular formula is C12H15N3O. The summed E-state index contributed by atoms with van der Waals surface area (Å²) in [5.41, 5.74) is 8.35. The summed E-state index contributed by atoms with van der Waals surface area (Å²) in [6, 6.07) is 6.67. The Morgan fingerprint density at radius 2 is 2.38 bits per heavy atom. The molecule has 4 heteroatoms. The molecule has 84 valence electrons. The van der Waals surface area contributed by atoms with E-state index in [1.165, 1.54) is 11.1 Å². The molecule has 1 aromatic carbocycles. The van der Waals surface area contributed by atoms with Crippen LogP contribution in [0.3, 0.4) is 0 Å². The molecule has 2 heterocycles. The quantitative estimate of drug-likeness (QED) is 0.761. The maximum Gasteiger partial charge on any atom is 0.191 e. The lowest BCUT2D eigenvalue weighted by Crippen LogP contribution is -2.32. The highest BCUT2D eigenvalue weighted by atomic mass is 16.5. The fourth-order valence-corrected chi connectivity index (χ4v) is 2.32. The lowest BCUT2D eigenvalue weighted by Gasteiger charge is -2.21. The molecule has 0 spiro atoms. The van der Waals surface area contributed by atoms with Crippen molar-refractivity contribution >= 4 is 5.96 Å². The van der Waals surface area contributed by atoms with Crippen molar-refractivity contribution in [2.75, 3.05) is 20.2 Å². The van der Waals surface area contributed by atoms with Gasteiger partial charge in [-0.05, 0) is 23.3 Å². The van der Waals surface area contributed by atoms with Crippen molar-refractivity contribution in [3.63, 3.8) is 0 Å². The Bertz CT molecular complexity index is 456. The fraction of sp³-hybridized carbons (Fsp3) is 0.417. The van der Waals surface area contributed by atoms with Crippen LogP contribution in [0, 0.1) is 0 Å². The van der Waals surface area contributed by atoms with Crippen LogP contribution < -0.4 is 10.5 Å². The first-order valence-electron chi connectivity index (χ1n) is 5.54. The van der Waals surface area contributed by atoms with Crippen LogP contribution in [-0.4, -0.2) is 31.1 Å². The number of aliphatic imine (C=N–C) groups is 1. The lowest BCUT2D eigenvalue weighted by atomic mass is 10.0. The Hall–Kier alpha value is -1.71. The molecule has 2 N–H and O–H groups in total. The Morgan fingerprint density at radius 1 is 1.50 bits per heavy atom. The van der Waals surface area contributed by atoms with Crippen molar-refractivity contribution in [3.05, 3.63) is 29.3 Å². The van der Waals surface area contributed by atoms with Crippen LogP contribution in [0.1, 0.15) is 17.2 Å². The van der Waals surface area contributed by atoms with Crippen molar-refractivity contribution < 1.29 is 4.74 Å². The highest BCUT2D eigenvalue weighted by Gasteiger charge is 2.25. The van der Waals surface area contributed by atoms with Crippen molar-refractivity contribution in [3.8, 4) is 5.75 Å². The third-order valence-corrected chi connectivity index (χ3v) is 3.35. The van der Waals surface area contributed by atoms with Crippen molar-refractivity contribution in [2.45, 2.75) is 12.5 Å². The third kappa shape index (κ3) is 1.33. The summed E-state index contributed by atoms with van der Waals surface area (Å²) in [5.74, 6) is 1.65. The number of nitrogens with two attached hydrogens (primary N) is 1. The van der Waals surface area contributed by atoms with E-state index in [0.29, 0.717) is 5.96 Å². The fourth-order valence-electron chi connectivity index (χ4n) is 2.32. The average Bonchev–Trinajstić information content (AvgIpc) is 2.86. The van der Waals surface area contributed by atoms with E-state index in [0.717, 1.165) is 25.3 Å². The minimum Gasteiger partial charge on any atom is -0.493 e. The average molecular weight is 217 g/mol. The maximum absolute atomic E-state index is 5.77. The molecule has 1 aromatic rings. The highest BCUT2D eigenvalue weighted by Crippen LogP contribution is 2.31. The molecule has 0 radical (unpaired) electrons. The number of hydrogen-bond acceptors (Lipinski definition) is 4. The summed E-state index contributed by atoms with van der Waals surface area (Å²) >= 11 is 0. The summed E-state index contributed by atoms with van der Waals surface area (Å²) < 4.78 is 5.50. The minimum atomic E-state index is 0.283. The first kappa shape index (κ1) is 9.51. The number of benzene rings is 1. The number of ether oxygens (including phenoxy) is 1. The summed E-state index contributed by atoms with van der Waals surface area (Å²) in [6.45, 7) is 1.56. The topological polar surface area (TPSA) is 50.8 Å². The highest BCUT2D eigenvalue weighted by molar-refractivity contribution is 5.80. The zero-order valence-electron chi connectivity index (χ0n) is 9.31. The summed E-state index contributed by atoms with van der Waals surface area (Å²) in [7, 11) is 1.99. The van der Waals surface area contributed by atoms with Gasteiger partial charge in [0.25, 0.3) is 0 Å². The first-order valence-corrected chi connectivity index (χ1v) is 5.54. The van der Waals surface area contributed by atoms with E-state index in [9.17, 15) is 0 Å². The standard InChI is InChI=1S/C12H15N3O/c1-15-10(7-14-12(15)13)8-2-3-11-9(6-8)4-5-16-11/h2-3,6,10H,4-5,7H2,1H3,(H2,13,14). The number of fused-ring (bicyclic) bond motifs is 1. The number of rotatable bonds is 1. The van der Waals surface area contributed by atoms with Gasteiger partial charge in [-0.3, -0.25) is 4.99 Å². The maximum atomic E-state index is 5.77. The van der Waals surface area contributed by atoms with Crippen LogP contribution in [0.2, 0.25) is 0 Å². The van der Waals surface area contributed by atoms with Gasteiger partial charge in [0.2, 0.25) is 0 Å². The van der Waals surface area contributed by atoms with E-state index in [1.54, 1.807) is 0 Å². The molecule has 0 saturated carbocycles. The molecule has 3 rings (SSSR count). The van der Waals surface area contributed by atoms with Crippen LogP contribution in [0.25, 0.3) is 0 Å². The molecule has 0 aromatic heterocycles. The lowest BCUT2D eigenvalue weighted by molar-refractivity contribution is 0.356. The van der Waals surface area contributed by atoms with E-state index in [2.05, 4.69) is 23.2 Å². The van der Waals surface area contributed by atoms with E-state index < -0.39 is 0 Å². The molecule has 0 saturated heterocycles. The smallest absolute Gasteiger partial charge is 0.191 e. The molecule has 2 aliphatic heterocycles.